The van der Waals surface area contributed by atoms with E-state index in [9.17, 15) is 4.79 Å². The molecule has 1 aromatic carbocycles. The van der Waals surface area contributed by atoms with Crippen LogP contribution in [0.1, 0.15) is 25.7 Å². The minimum absolute atomic E-state index is 0.0239. The minimum Gasteiger partial charge on any atom is -0.484 e. The quantitative estimate of drug-likeness (QED) is 0.795. The summed E-state index contributed by atoms with van der Waals surface area (Å²) in [5.41, 5.74) is -0.200. The summed E-state index contributed by atoms with van der Waals surface area (Å²) < 4.78 is 17.8. The molecule has 0 aliphatic carbocycles. The number of carbonyl (C=O) groups is 1. The molecular weight excluding hydrogens is 356 g/mol. The first kappa shape index (κ1) is 18.7. The lowest BCUT2D eigenvalue weighted by molar-refractivity contribution is -0.153. The van der Waals surface area contributed by atoms with Gasteiger partial charge in [0.15, 0.2) is 6.61 Å². The largest absolute Gasteiger partial charge is 0.484 e. The molecular formula is C22H26N2O4. The molecule has 4 rings (SSSR count). The standard InChI is InChI=1S/C22H26N2O4/c25-21(17-26-18-6-2-1-3-7-18)24-13-10-22(11-14-24)16-19(9-15-27-22)28-20-8-4-5-12-23-20/h1-8,12,19H,9-11,13-17H2. The molecule has 1 unspecified atom stereocenters. The molecule has 3 heterocycles. The molecule has 2 aromatic rings. The van der Waals surface area contributed by atoms with Crippen molar-refractivity contribution in [2.24, 2.45) is 0 Å². The highest BCUT2D eigenvalue weighted by Gasteiger charge is 2.42. The number of aromatic nitrogens is 1. The lowest BCUT2D eigenvalue weighted by atomic mass is 9.83. The van der Waals surface area contributed by atoms with Gasteiger partial charge in [-0.25, -0.2) is 4.98 Å². The fourth-order valence-electron chi connectivity index (χ4n) is 3.94. The monoisotopic (exact) mass is 382 g/mol. The second kappa shape index (κ2) is 8.61. The third-order valence-electron chi connectivity index (χ3n) is 5.51. The number of benzene rings is 1. The van der Waals surface area contributed by atoms with E-state index in [1.165, 1.54) is 0 Å². The summed E-state index contributed by atoms with van der Waals surface area (Å²) >= 11 is 0. The average molecular weight is 382 g/mol. The Kier molecular flexibility index (Phi) is 5.76. The van der Waals surface area contributed by atoms with Gasteiger partial charge in [0.2, 0.25) is 5.88 Å². The molecule has 2 saturated heterocycles. The zero-order chi connectivity index (χ0) is 19.2. The highest BCUT2D eigenvalue weighted by molar-refractivity contribution is 5.77. The van der Waals surface area contributed by atoms with Crippen molar-refractivity contribution in [3.05, 3.63) is 54.7 Å². The Bertz CT molecular complexity index is 761. The summed E-state index contributed by atoms with van der Waals surface area (Å²) in [6, 6.07) is 15.1. The van der Waals surface area contributed by atoms with Crippen molar-refractivity contribution in [3.8, 4) is 11.6 Å². The van der Waals surface area contributed by atoms with Crippen LogP contribution in [0.25, 0.3) is 0 Å². The van der Waals surface area contributed by atoms with Crippen molar-refractivity contribution in [2.45, 2.75) is 37.4 Å². The van der Waals surface area contributed by atoms with Gasteiger partial charge in [-0.3, -0.25) is 4.79 Å². The predicted octanol–water partition coefficient (Wildman–Crippen LogP) is 3.08. The smallest absolute Gasteiger partial charge is 0.260 e. The lowest BCUT2D eigenvalue weighted by Crippen LogP contribution is -2.53. The van der Waals surface area contributed by atoms with Crippen LogP contribution >= 0.6 is 0 Å². The molecule has 2 aliphatic rings. The van der Waals surface area contributed by atoms with Gasteiger partial charge in [0.25, 0.3) is 5.91 Å². The molecule has 2 fully saturated rings. The number of rotatable bonds is 5. The zero-order valence-corrected chi connectivity index (χ0v) is 16.0. The van der Waals surface area contributed by atoms with E-state index in [0.29, 0.717) is 25.6 Å². The van der Waals surface area contributed by atoms with Gasteiger partial charge in [0, 0.05) is 38.2 Å². The minimum atomic E-state index is -0.200. The third kappa shape index (κ3) is 4.62. The van der Waals surface area contributed by atoms with Crippen LogP contribution in [0.4, 0.5) is 0 Å². The van der Waals surface area contributed by atoms with Crippen LogP contribution in [0, 0.1) is 0 Å². The maximum atomic E-state index is 12.5. The second-order valence-corrected chi connectivity index (χ2v) is 7.41. The molecule has 148 valence electrons. The summed E-state index contributed by atoms with van der Waals surface area (Å²) in [5.74, 6) is 1.40. The molecule has 0 bridgehead atoms. The number of nitrogens with zero attached hydrogens (tertiary/aromatic N) is 2. The first-order valence-corrected chi connectivity index (χ1v) is 9.90. The van der Waals surface area contributed by atoms with Crippen molar-refractivity contribution in [1.82, 2.24) is 9.88 Å². The van der Waals surface area contributed by atoms with Gasteiger partial charge in [0.05, 0.1) is 12.2 Å². The van der Waals surface area contributed by atoms with Crippen LogP contribution in [-0.2, 0) is 9.53 Å². The number of hydrogen-bond donors (Lipinski definition) is 0. The van der Waals surface area contributed by atoms with E-state index < -0.39 is 0 Å². The van der Waals surface area contributed by atoms with Crippen LogP contribution < -0.4 is 9.47 Å². The van der Waals surface area contributed by atoms with Gasteiger partial charge in [-0.1, -0.05) is 24.3 Å². The third-order valence-corrected chi connectivity index (χ3v) is 5.51. The zero-order valence-electron chi connectivity index (χ0n) is 16.0. The number of pyridine rings is 1. The maximum absolute atomic E-state index is 12.5. The normalized spacial score (nSPS) is 21.3. The number of piperidine rings is 1. The van der Waals surface area contributed by atoms with Gasteiger partial charge in [-0.05, 0) is 31.0 Å². The highest BCUT2D eigenvalue weighted by atomic mass is 16.5. The van der Waals surface area contributed by atoms with Crippen LogP contribution in [0.15, 0.2) is 54.7 Å². The predicted molar refractivity (Wildman–Crippen MR) is 104 cm³/mol. The topological polar surface area (TPSA) is 60.9 Å². The van der Waals surface area contributed by atoms with Crippen molar-refractivity contribution < 1.29 is 19.0 Å². The van der Waals surface area contributed by atoms with E-state index in [1.54, 1.807) is 6.20 Å². The van der Waals surface area contributed by atoms with E-state index in [1.807, 2.05) is 53.4 Å². The number of ether oxygens (including phenoxy) is 3. The van der Waals surface area contributed by atoms with Gasteiger partial charge >= 0.3 is 0 Å². The van der Waals surface area contributed by atoms with Crippen LogP contribution in [0.3, 0.4) is 0 Å². The van der Waals surface area contributed by atoms with Gasteiger partial charge in [0.1, 0.15) is 11.9 Å². The van der Waals surface area contributed by atoms with Crippen molar-refractivity contribution in [1.29, 1.82) is 0 Å². The summed E-state index contributed by atoms with van der Waals surface area (Å²) in [6.07, 6.45) is 5.20. The first-order valence-electron chi connectivity index (χ1n) is 9.90. The molecule has 6 heteroatoms. The Hall–Kier alpha value is -2.60. The number of carbonyl (C=O) groups excluding carboxylic acids is 1. The Morgan fingerprint density at radius 1 is 1.14 bits per heavy atom. The SMILES string of the molecule is O=C(COc1ccccc1)N1CCC2(CC1)CC(Oc1ccccn1)CCO2. The first-order chi connectivity index (χ1) is 13.7. The Morgan fingerprint density at radius 2 is 1.93 bits per heavy atom. The van der Waals surface area contributed by atoms with Crippen LogP contribution in [0.5, 0.6) is 11.6 Å². The van der Waals surface area contributed by atoms with E-state index in [2.05, 4.69) is 4.98 Å². The van der Waals surface area contributed by atoms with Crippen LogP contribution in [0.2, 0.25) is 0 Å². The molecule has 28 heavy (non-hydrogen) atoms. The molecule has 2 aliphatic heterocycles. The van der Waals surface area contributed by atoms with Gasteiger partial charge < -0.3 is 19.1 Å². The fraction of sp³-hybridized carbons (Fsp3) is 0.455. The van der Waals surface area contributed by atoms with Crippen molar-refractivity contribution in [3.63, 3.8) is 0 Å². The Balaban J connectivity index is 1.27. The Morgan fingerprint density at radius 3 is 2.68 bits per heavy atom. The van der Waals surface area contributed by atoms with E-state index in [4.69, 9.17) is 14.2 Å². The summed E-state index contributed by atoms with van der Waals surface area (Å²) in [6.45, 7) is 2.13. The van der Waals surface area contributed by atoms with E-state index in [0.717, 1.165) is 31.4 Å². The molecule has 6 nitrogen and oxygen atoms in total. The molecule has 1 atom stereocenters. The average Bonchev–Trinajstić information content (AvgIpc) is 2.74. The van der Waals surface area contributed by atoms with E-state index >= 15 is 0 Å². The molecule has 1 amide bonds. The number of hydrogen-bond acceptors (Lipinski definition) is 5. The molecule has 1 aromatic heterocycles. The van der Waals surface area contributed by atoms with Crippen molar-refractivity contribution in [2.75, 3.05) is 26.3 Å². The number of para-hydroxylation sites is 1. The highest BCUT2D eigenvalue weighted by Crippen LogP contribution is 2.36. The Labute approximate surface area is 165 Å². The molecule has 0 N–H and O–H groups in total. The van der Waals surface area contributed by atoms with Gasteiger partial charge in [-0.15, -0.1) is 0 Å². The summed E-state index contributed by atoms with van der Waals surface area (Å²) in [7, 11) is 0. The number of amides is 1. The molecule has 0 saturated carbocycles. The lowest BCUT2D eigenvalue weighted by Gasteiger charge is -2.45. The molecule has 0 radical (unpaired) electrons. The summed E-state index contributed by atoms with van der Waals surface area (Å²) in [4.78, 5) is 18.6. The molecule has 1 spiro atoms. The number of likely N-dealkylation sites (tertiary alicyclic amines) is 1. The van der Waals surface area contributed by atoms with Crippen LogP contribution in [-0.4, -0.2) is 53.8 Å². The van der Waals surface area contributed by atoms with E-state index in [-0.39, 0.29) is 24.2 Å². The maximum Gasteiger partial charge on any atom is 0.260 e. The van der Waals surface area contributed by atoms with Gasteiger partial charge in [-0.2, -0.15) is 0 Å². The second-order valence-electron chi connectivity index (χ2n) is 7.41. The fourth-order valence-corrected chi connectivity index (χ4v) is 3.94. The summed E-state index contributed by atoms with van der Waals surface area (Å²) in [5, 5.41) is 0. The van der Waals surface area contributed by atoms with Crippen molar-refractivity contribution >= 4 is 5.91 Å².